The third-order valence-electron chi connectivity index (χ3n) is 2.28. The lowest BCUT2D eigenvalue weighted by molar-refractivity contribution is 0.149. The molecule has 1 aromatic carbocycles. The van der Waals surface area contributed by atoms with Gasteiger partial charge in [-0.05, 0) is 25.1 Å². The first kappa shape index (κ1) is 13.5. The van der Waals surface area contributed by atoms with Gasteiger partial charge in [0.15, 0.2) is 0 Å². The molecule has 1 aromatic heterocycles. The summed E-state index contributed by atoms with van der Waals surface area (Å²) in [6, 6.07) is 4.19. The van der Waals surface area contributed by atoms with Crippen LogP contribution in [-0.2, 0) is 4.74 Å². The van der Waals surface area contributed by atoms with Crippen molar-refractivity contribution in [3.8, 4) is 5.69 Å². The maximum absolute atomic E-state index is 13.7. The zero-order chi connectivity index (χ0) is 14.0. The van der Waals surface area contributed by atoms with Crippen molar-refractivity contribution in [1.29, 1.82) is 0 Å². The van der Waals surface area contributed by atoms with Crippen LogP contribution in [0.1, 0.15) is 6.92 Å². The minimum absolute atomic E-state index is 0.00347. The molecule has 0 aliphatic carbocycles. The van der Waals surface area contributed by atoms with E-state index in [-0.39, 0.29) is 12.3 Å². The summed E-state index contributed by atoms with van der Waals surface area (Å²) in [6.45, 7) is 1.72. The number of ether oxygens (including phenoxy) is 1. The van der Waals surface area contributed by atoms with Gasteiger partial charge in [-0.2, -0.15) is 0 Å². The SMILES string of the molecule is CCOC(=O)n1ncn(-c2ccc(Br)cc2F)c1=O. The van der Waals surface area contributed by atoms with Crippen LogP contribution in [0.3, 0.4) is 0 Å². The first-order valence-corrected chi connectivity index (χ1v) is 6.13. The summed E-state index contributed by atoms with van der Waals surface area (Å²) < 4.78 is 20.4. The Balaban J connectivity index is 2.48. The molecule has 1 heterocycles. The van der Waals surface area contributed by atoms with Crippen molar-refractivity contribution in [2.75, 3.05) is 6.61 Å². The van der Waals surface area contributed by atoms with E-state index < -0.39 is 17.6 Å². The Hall–Kier alpha value is -1.96. The Morgan fingerprint density at radius 2 is 2.26 bits per heavy atom. The van der Waals surface area contributed by atoms with Gasteiger partial charge in [0.25, 0.3) is 0 Å². The maximum atomic E-state index is 13.7. The monoisotopic (exact) mass is 329 g/mol. The Bertz CT molecular complexity index is 680. The first-order valence-electron chi connectivity index (χ1n) is 5.33. The van der Waals surface area contributed by atoms with Gasteiger partial charge in [-0.3, -0.25) is 0 Å². The smallest absolute Gasteiger partial charge is 0.439 e. The summed E-state index contributed by atoms with van der Waals surface area (Å²) >= 11 is 3.11. The summed E-state index contributed by atoms with van der Waals surface area (Å²) in [6.07, 6.45) is 0.162. The van der Waals surface area contributed by atoms with Crippen LogP contribution in [0.4, 0.5) is 9.18 Å². The molecule has 8 heteroatoms. The molecule has 100 valence electrons. The molecule has 6 nitrogen and oxygen atoms in total. The number of rotatable bonds is 2. The average molecular weight is 330 g/mol. The van der Waals surface area contributed by atoms with Crippen molar-refractivity contribution < 1.29 is 13.9 Å². The van der Waals surface area contributed by atoms with Crippen molar-refractivity contribution in [3.05, 3.63) is 45.3 Å². The first-order chi connectivity index (χ1) is 9.04. The normalized spacial score (nSPS) is 10.5. The molecule has 0 spiro atoms. The van der Waals surface area contributed by atoms with Gasteiger partial charge in [0.1, 0.15) is 12.1 Å². The van der Waals surface area contributed by atoms with Gasteiger partial charge < -0.3 is 4.74 Å². The Morgan fingerprint density at radius 3 is 2.89 bits per heavy atom. The molecule has 0 saturated carbocycles. The number of nitrogens with zero attached hydrogens (tertiary/aromatic N) is 3. The largest absolute Gasteiger partial charge is 0.448 e. The topological polar surface area (TPSA) is 66.1 Å². The molecule has 0 unspecified atom stereocenters. The van der Waals surface area contributed by atoms with Crippen molar-refractivity contribution in [2.45, 2.75) is 6.92 Å². The lowest BCUT2D eigenvalue weighted by Gasteiger charge is -2.02. The number of hydrogen-bond donors (Lipinski definition) is 0. The molecule has 2 aromatic rings. The molecule has 0 N–H and O–H groups in total. The van der Waals surface area contributed by atoms with E-state index in [1.807, 2.05) is 0 Å². The second-order valence-electron chi connectivity index (χ2n) is 3.49. The molecule has 0 radical (unpaired) electrons. The summed E-state index contributed by atoms with van der Waals surface area (Å²) in [4.78, 5) is 23.3. The van der Waals surface area contributed by atoms with E-state index in [0.29, 0.717) is 9.15 Å². The number of hydrogen-bond acceptors (Lipinski definition) is 4. The third-order valence-corrected chi connectivity index (χ3v) is 2.77. The standard InChI is InChI=1S/C11H9BrFN3O3/c1-2-19-11(18)16-10(17)15(6-14-16)9-4-3-7(12)5-8(9)13/h3-6H,2H2,1H3. The fourth-order valence-corrected chi connectivity index (χ4v) is 1.79. The molecule has 0 atom stereocenters. The molecule has 19 heavy (non-hydrogen) atoms. The van der Waals surface area contributed by atoms with Crippen LogP contribution in [0.2, 0.25) is 0 Å². The number of carbonyl (C=O) groups excluding carboxylic acids is 1. The van der Waals surface area contributed by atoms with Gasteiger partial charge in [0.2, 0.25) is 0 Å². The van der Waals surface area contributed by atoms with E-state index in [1.54, 1.807) is 13.0 Å². The number of halogens is 2. The van der Waals surface area contributed by atoms with Gasteiger partial charge in [-0.15, -0.1) is 9.78 Å². The molecule has 2 rings (SSSR count). The molecule has 0 bridgehead atoms. The van der Waals surface area contributed by atoms with Crippen molar-refractivity contribution in [3.63, 3.8) is 0 Å². The van der Waals surface area contributed by atoms with E-state index in [9.17, 15) is 14.0 Å². The van der Waals surface area contributed by atoms with Gasteiger partial charge in [0, 0.05) is 4.47 Å². The fourth-order valence-electron chi connectivity index (χ4n) is 1.46. The number of carbonyl (C=O) groups is 1. The molecule has 0 aliphatic rings. The van der Waals surface area contributed by atoms with E-state index in [1.165, 1.54) is 12.1 Å². The fraction of sp³-hybridized carbons (Fsp3) is 0.182. The molecule has 0 amide bonds. The average Bonchev–Trinajstić information content (AvgIpc) is 2.72. The van der Waals surface area contributed by atoms with E-state index in [4.69, 9.17) is 0 Å². The lowest BCUT2D eigenvalue weighted by Crippen LogP contribution is -2.30. The van der Waals surface area contributed by atoms with E-state index in [0.717, 1.165) is 10.9 Å². The maximum Gasteiger partial charge on any atom is 0.439 e. The molecular weight excluding hydrogens is 321 g/mol. The minimum Gasteiger partial charge on any atom is -0.448 e. The Morgan fingerprint density at radius 1 is 1.53 bits per heavy atom. The van der Waals surface area contributed by atoms with Gasteiger partial charge in [-0.1, -0.05) is 15.9 Å². The van der Waals surface area contributed by atoms with Crippen LogP contribution in [0.15, 0.2) is 33.8 Å². The second-order valence-corrected chi connectivity index (χ2v) is 4.41. The van der Waals surface area contributed by atoms with Crippen LogP contribution in [0.25, 0.3) is 5.69 Å². The van der Waals surface area contributed by atoms with Crippen LogP contribution in [0, 0.1) is 5.82 Å². The second kappa shape index (κ2) is 5.35. The highest BCUT2D eigenvalue weighted by atomic mass is 79.9. The summed E-state index contributed by atoms with van der Waals surface area (Å²) in [5, 5.41) is 3.59. The Kier molecular flexibility index (Phi) is 3.79. The number of aromatic nitrogens is 3. The minimum atomic E-state index is -0.899. The Labute approximate surface area is 115 Å². The van der Waals surface area contributed by atoms with Crippen LogP contribution < -0.4 is 5.69 Å². The van der Waals surface area contributed by atoms with Crippen LogP contribution >= 0.6 is 15.9 Å². The highest BCUT2D eigenvalue weighted by Crippen LogP contribution is 2.17. The van der Waals surface area contributed by atoms with Gasteiger partial charge in [-0.25, -0.2) is 18.5 Å². The van der Waals surface area contributed by atoms with E-state index in [2.05, 4.69) is 25.8 Å². The predicted octanol–water partition coefficient (Wildman–Crippen LogP) is 1.94. The highest BCUT2D eigenvalue weighted by molar-refractivity contribution is 9.10. The van der Waals surface area contributed by atoms with E-state index >= 15 is 0 Å². The number of benzene rings is 1. The summed E-state index contributed by atoms with van der Waals surface area (Å²) in [5.41, 5.74) is -0.788. The third kappa shape index (κ3) is 2.58. The molecular formula is C11H9BrFN3O3. The molecule has 0 fully saturated rings. The quantitative estimate of drug-likeness (QED) is 0.844. The highest BCUT2D eigenvalue weighted by Gasteiger charge is 2.16. The molecule has 0 saturated heterocycles. The zero-order valence-corrected chi connectivity index (χ0v) is 11.4. The van der Waals surface area contributed by atoms with Crippen molar-refractivity contribution in [1.82, 2.24) is 14.3 Å². The summed E-state index contributed by atoms with van der Waals surface area (Å²) in [5.74, 6) is -0.611. The van der Waals surface area contributed by atoms with Crippen molar-refractivity contribution >= 4 is 22.0 Å². The lowest BCUT2D eigenvalue weighted by atomic mass is 10.3. The van der Waals surface area contributed by atoms with Gasteiger partial charge >= 0.3 is 11.8 Å². The predicted molar refractivity (Wildman–Crippen MR) is 67.9 cm³/mol. The van der Waals surface area contributed by atoms with Crippen LogP contribution in [0.5, 0.6) is 0 Å². The van der Waals surface area contributed by atoms with Gasteiger partial charge in [0.05, 0.1) is 12.3 Å². The summed E-state index contributed by atoms with van der Waals surface area (Å²) in [7, 11) is 0. The van der Waals surface area contributed by atoms with Crippen molar-refractivity contribution in [2.24, 2.45) is 0 Å². The van der Waals surface area contributed by atoms with Crippen LogP contribution in [-0.4, -0.2) is 27.0 Å². The molecule has 0 aliphatic heterocycles. The zero-order valence-electron chi connectivity index (χ0n) is 9.84.